The molecular formula is C9H11GeNO4. The van der Waals surface area contributed by atoms with Crippen LogP contribution in [0.5, 0.6) is 0 Å². The van der Waals surface area contributed by atoms with Crippen molar-refractivity contribution < 1.29 is 19.0 Å². The summed E-state index contributed by atoms with van der Waals surface area (Å²) in [5, 5.41) is 11.6. The Morgan fingerprint density at radius 3 is 2.47 bits per heavy atom. The molecule has 15 heavy (non-hydrogen) atoms. The number of amides is 1. The van der Waals surface area contributed by atoms with Crippen molar-refractivity contribution in [3.8, 4) is 0 Å². The first-order chi connectivity index (χ1) is 7.15. The number of nitrogens with zero attached hydrogens (tertiary/aromatic N) is 1. The van der Waals surface area contributed by atoms with Crippen molar-refractivity contribution >= 4 is 31.8 Å². The van der Waals surface area contributed by atoms with Gasteiger partial charge in [-0.25, -0.2) is 0 Å². The molecule has 1 rings (SSSR count). The van der Waals surface area contributed by atoms with Gasteiger partial charge < -0.3 is 0 Å². The predicted octanol–water partition coefficient (Wildman–Crippen LogP) is 0.335. The van der Waals surface area contributed by atoms with Crippen molar-refractivity contribution in [1.29, 1.82) is 0 Å². The number of carbonyl (C=O) groups is 1. The molecule has 0 saturated heterocycles. The molecule has 0 aliphatic rings. The molecule has 0 fully saturated rings. The third kappa shape index (κ3) is 3.63. The Morgan fingerprint density at radius 1 is 1.40 bits per heavy atom. The second-order valence-corrected chi connectivity index (χ2v) is 4.87. The van der Waals surface area contributed by atoms with Gasteiger partial charge in [0, 0.05) is 0 Å². The average molecular weight is 270 g/mol. The molecule has 80 valence electrons. The van der Waals surface area contributed by atoms with Crippen LogP contribution < -0.4 is 9.30 Å². The summed E-state index contributed by atoms with van der Waals surface area (Å²) >= 11 is -0.927. The Balaban J connectivity index is 2.67. The van der Waals surface area contributed by atoms with Gasteiger partial charge in [-0.1, -0.05) is 0 Å². The number of carbonyl (C=O) groups excluding carboxylic acids is 1. The van der Waals surface area contributed by atoms with E-state index in [2.05, 4.69) is 8.95 Å². The molecule has 0 unspecified atom stereocenters. The van der Waals surface area contributed by atoms with Gasteiger partial charge in [-0.05, 0) is 0 Å². The normalized spacial score (nSPS) is 10.1. The van der Waals surface area contributed by atoms with Crippen LogP contribution in [0.2, 0.25) is 0 Å². The molecule has 1 aromatic carbocycles. The van der Waals surface area contributed by atoms with E-state index in [4.69, 9.17) is 5.26 Å². The standard InChI is InChI=1S/C9H11GeNO4/c1-7(12)11(2)9-5-3-8(4-6-9)10-14-15-13/h3-6,13H,1-2H3. The molecule has 0 aliphatic heterocycles. The van der Waals surface area contributed by atoms with Crippen LogP contribution in [-0.2, 0) is 13.7 Å². The molecule has 1 N–H and O–H groups in total. The summed E-state index contributed by atoms with van der Waals surface area (Å²) in [6.45, 7) is 1.50. The molecule has 2 radical (unpaired) electrons. The van der Waals surface area contributed by atoms with E-state index >= 15 is 0 Å². The third-order valence-electron chi connectivity index (χ3n) is 1.92. The van der Waals surface area contributed by atoms with Gasteiger partial charge in [0.15, 0.2) is 0 Å². The Morgan fingerprint density at radius 2 is 2.00 bits per heavy atom. The van der Waals surface area contributed by atoms with Gasteiger partial charge in [0.2, 0.25) is 0 Å². The molecule has 6 heteroatoms. The second kappa shape index (κ2) is 5.86. The fourth-order valence-electron chi connectivity index (χ4n) is 1.00. The number of hydrogen-bond donors (Lipinski definition) is 1. The molecule has 0 aromatic heterocycles. The van der Waals surface area contributed by atoms with Crippen LogP contribution in [-0.4, -0.2) is 34.0 Å². The number of benzene rings is 1. The molecule has 1 amide bonds. The van der Waals surface area contributed by atoms with Crippen molar-refractivity contribution in [3.63, 3.8) is 0 Å². The minimum absolute atomic E-state index is 0.0197. The van der Waals surface area contributed by atoms with Crippen LogP contribution in [0.25, 0.3) is 0 Å². The number of hydrogen-bond acceptors (Lipinski definition) is 4. The van der Waals surface area contributed by atoms with Crippen LogP contribution in [0, 0.1) is 0 Å². The first-order valence-corrected chi connectivity index (χ1v) is 6.13. The van der Waals surface area contributed by atoms with Gasteiger partial charge in [0.05, 0.1) is 0 Å². The minimum atomic E-state index is -0.927. The first-order valence-electron chi connectivity index (χ1n) is 4.22. The Bertz CT molecular complexity index is 327. The van der Waals surface area contributed by atoms with Crippen molar-refractivity contribution in [2.75, 3.05) is 11.9 Å². The van der Waals surface area contributed by atoms with Crippen molar-refractivity contribution in [2.45, 2.75) is 6.92 Å². The molecular weight excluding hydrogens is 259 g/mol. The average Bonchev–Trinajstić information content (AvgIpc) is 2.26. The third-order valence-corrected chi connectivity index (χ3v) is 3.45. The fourth-order valence-corrected chi connectivity index (χ4v) is 1.92. The molecule has 0 atom stereocenters. The van der Waals surface area contributed by atoms with E-state index < -0.39 is 15.8 Å². The van der Waals surface area contributed by atoms with E-state index in [9.17, 15) is 4.79 Å². The van der Waals surface area contributed by atoms with E-state index in [-0.39, 0.29) is 5.91 Å². The zero-order valence-electron chi connectivity index (χ0n) is 8.43. The summed E-state index contributed by atoms with van der Waals surface area (Å²) in [7, 11) is 1.71. The van der Waals surface area contributed by atoms with Gasteiger partial charge in [-0.15, -0.1) is 0 Å². The van der Waals surface area contributed by atoms with Crippen molar-refractivity contribution in [3.05, 3.63) is 24.3 Å². The van der Waals surface area contributed by atoms with E-state index in [1.54, 1.807) is 11.9 Å². The Hall–Kier alpha value is -0.887. The zero-order valence-corrected chi connectivity index (χ0v) is 10.5. The quantitative estimate of drug-likeness (QED) is 0.486. The van der Waals surface area contributed by atoms with Crippen molar-refractivity contribution in [2.24, 2.45) is 0 Å². The molecule has 0 saturated carbocycles. The van der Waals surface area contributed by atoms with E-state index in [1.165, 1.54) is 6.92 Å². The van der Waals surface area contributed by atoms with Crippen molar-refractivity contribution in [1.82, 2.24) is 0 Å². The summed E-state index contributed by atoms with van der Waals surface area (Å²) in [5.74, 6) is -0.0197. The maximum absolute atomic E-state index is 11.1. The van der Waals surface area contributed by atoms with Crippen LogP contribution in [0.1, 0.15) is 6.92 Å². The summed E-state index contributed by atoms with van der Waals surface area (Å²) in [6.07, 6.45) is 0. The van der Waals surface area contributed by atoms with Gasteiger partial charge >= 0.3 is 93.9 Å². The van der Waals surface area contributed by atoms with E-state index in [0.717, 1.165) is 10.1 Å². The molecule has 0 bridgehead atoms. The summed E-state index contributed by atoms with van der Waals surface area (Å²) in [4.78, 5) is 12.6. The molecule has 5 nitrogen and oxygen atoms in total. The summed E-state index contributed by atoms with van der Waals surface area (Å²) < 4.78 is 5.43. The summed E-state index contributed by atoms with van der Waals surface area (Å²) in [5.41, 5.74) is 0.822. The molecule has 0 heterocycles. The Kier molecular flexibility index (Phi) is 4.76. The van der Waals surface area contributed by atoms with Crippen LogP contribution in [0.4, 0.5) is 5.69 Å². The molecule has 0 spiro atoms. The number of anilines is 1. The van der Waals surface area contributed by atoms with Gasteiger partial charge in [0.25, 0.3) is 0 Å². The second-order valence-electron chi connectivity index (χ2n) is 2.88. The predicted molar refractivity (Wildman–Crippen MR) is 55.7 cm³/mol. The topological polar surface area (TPSA) is 59.0 Å². The van der Waals surface area contributed by atoms with Crippen LogP contribution in [0.3, 0.4) is 0 Å². The van der Waals surface area contributed by atoms with E-state index in [0.29, 0.717) is 0 Å². The van der Waals surface area contributed by atoms with E-state index in [1.807, 2.05) is 24.3 Å². The Labute approximate surface area is 94.3 Å². The first kappa shape index (κ1) is 12.2. The van der Waals surface area contributed by atoms with Gasteiger partial charge in [-0.3, -0.25) is 0 Å². The molecule has 1 aromatic rings. The monoisotopic (exact) mass is 271 g/mol. The van der Waals surface area contributed by atoms with Gasteiger partial charge in [0.1, 0.15) is 0 Å². The van der Waals surface area contributed by atoms with Crippen LogP contribution >= 0.6 is 0 Å². The van der Waals surface area contributed by atoms with Crippen LogP contribution in [0.15, 0.2) is 24.3 Å². The SMILES string of the molecule is CC(=O)N(C)c1cc[c]([Ge][O]OO)cc1. The summed E-state index contributed by atoms with van der Waals surface area (Å²) in [6, 6.07) is 7.32. The molecule has 0 aliphatic carbocycles. The maximum atomic E-state index is 11.1. The fraction of sp³-hybridized carbons (Fsp3) is 0.222. The number of rotatable bonds is 4. The van der Waals surface area contributed by atoms with Gasteiger partial charge in [-0.2, -0.15) is 0 Å². The zero-order chi connectivity index (χ0) is 11.3.